The topological polar surface area (TPSA) is 46.2 Å². The standard InChI is InChI=1S/C17H36O5Si/c1-7-13-14-16(8-2)15-18-17(9-3)22-23(19-10-4,20-11-5)21-12-6/h9,16H,7-8,10-15H2,1-6H3. The second kappa shape index (κ2) is 13.8. The van der Waals surface area contributed by atoms with E-state index in [1.54, 1.807) is 6.08 Å². The number of hydrogen-bond donors (Lipinski definition) is 0. The molecule has 1 atom stereocenters. The van der Waals surface area contributed by atoms with E-state index in [1.807, 2.05) is 27.7 Å². The van der Waals surface area contributed by atoms with Gasteiger partial charge in [0.2, 0.25) is 0 Å². The van der Waals surface area contributed by atoms with E-state index < -0.39 is 9.05 Å². The lowest BCUT2D eigenvalue weighted by Gasteiger charge is -2.28. The molecule has 0 bridgehead atoms. The summed E-state index contributed by atoms with van der Waals surface area (Å²) in [6.07, 6.45) is 6.50. The van der Waals surface area contributed by atoms with E-state index in [9.17, 15) is 0 Å². The molecule has 0 fully saturated rings. The number of hydrogen-bond acceptors (Lipinski definition) is 5. The van der Waals surface area contributed by atoms with Gasteiger partial charge >= 0.3 is 9.05 Å². The molecule has 0 rings (SSSR count). The summed E-state index contributed by atoms with van der Waals surface area (Å²) in [5, 5.41) is 0. The van der Waals surface area contributed by atoms with Crippen molar-refractivity contribution < 1.29 is 22.4 Å². The molecule has 0 amide bonds. The van der Waals surface area contributed by atoms with Crippen LogP contribution in [-0.2, 0) is 22.4 Å². The van der Waals surface area contributed by atoms with Crippen LogP contribution in [0.25, 0.3) is 0 Å². The molecule has 0 spiro atoms. The third kappa shape index (κ3) is 9.35. The van der Waals surface area contributed by atoms with E-state index in [0.29, 0.717) is 38.3 Å². The monoisotopic (exact) mass is 348 g/mol. The largest absolute Gasteiger partial charge is 0.751 e. The highest BCUT2D eigenvalue weighted by Crippen LogP contribution is 2.20. The highest BCUT2D eigenvalue weighted by atomic mass is 28.4. The van der Waals surface area contributed by atoms with Gasteiger partial charge in [-0.25, -0.2) is 0 Å². The van der Waals surface area contributed by atoms with Gasteiger partial charge in [-0.05, 0) is 46.1 Å². The molecule has 0 aliphatic heterocycles. The molecule has 23 heavy (non-hydrogen) atoms. The Morgan fingerprint density at radius 1 is 0.957 bits per heavy atom. The van der Waals surface area contributed by atoms with Crippen LogP contribution in [0.5, 0.6) is 0 Å². The van der Waals surface area contributed by atoms with E-state index in [2.05, 4.69) is 13.8 Å². The molecule has 138 valence electrons. The zero-order valence-corrected chi connectivity index (χ0v) is 16.9. The van der Waals surface area contributed by atoms with Crippen molar-refractivity contribution in [3.63, 3.8) is 0 Å². The smallest absolute Gasteiger partial charge is 0.466 e. The maximum Gasteiger partial charge on any atom is 0.751 e. The van der Waals surface area contributed by atoms with Gasteiger partial charge in [-0.15, -0.1) is 0 Å². The molecule has 0 aliphatic rings. The van der Waals surface area contributed by atoms with E-state index in [4.69, 9.17) is 22.4 Å². The van der Waals surface area contributed by atoms with Crippen molar-refractivity contribution in [2.24, 2.45) is 5.92 Å². The van der Waals surface area contributed by atoms with E-state index in [0.717, 1.165) is 6.42 Å². The molecular weight excluding hydrogens is 312 g/mol. The van der Waals surface area contributed by atoms with E-state index >= 15 is 0 Å². The van der Waals surface area contributed by atoms with Crippen LogP contribution in [0.2, 0.25) is 0 Å². The molecule has 0 aliphatic carbocycles. The molecule has 1 unspecified atom stereocenters. The van der Waals surface area contributed by atoms with Gasteiger partial charge in [0.1, 0.15) is 0 Å². The maximum absolute atomic E-state index is 5.92. The minimum atomic E-state index is -3.18. The van der Waals surface area contributed by atoms with Crippen LogP contribution < -0.4 is 0 Å². The van der Waals surface area contributed by atoms with Crippen molar-refractivity contribution in [1.29, 1.82) is 0 Å². The SMILES string of the molecule is CC=C(OCC(CC)CCCC)O[Si](OCC)(OCC)OCC. The summed E-state index contributed by atoms with van der Waals surface area (Å²) in [5.41, 5.74) is 0. The van der Waals surface area contributed by atoms with Crippen LogP contribution in [0.1, 0.15) is 67.2 Å². The molecule has 0 aromatic carbocycles. The summed E-state index contributed by atoms with van der Waals surface area (Å²) in [5.74, 6) is 0.970. The van der Waals surface area contributed by atoms with Gasteiger partial charge in [0.15, 0.2) is 0 Å². The number of allylic oxidation sites excluding steroid dienone is 1. The molecular formula is C17H36O5Si. The highest BCUT2D eigenvalue weighted by Gasteiger charge is 2.48. The predicted octanol–water partition coefficient (Wildman–Crippen LogP) is 4.64. The average Bonchev–Trinajstić information content (AvgIpc) is 2.54. The van der Waals surface area contributed by atoms with E-state index in [1.165, 1.54) is 19.3 Å². The van der Waals surface area contributed by atoms with Gasteiger partial charge in [-0.1, -0.05) is 33.1 Å². The lowest BCUT2D eigenvalue weighted by atomic mass is 10.0. The van der Waals surface area contributed by atoms with E-state index in [-0.39, 0.29) is 0 Å². The Morgan fingerprint density at radius 2 is 1.52 bits per heavy atom. The first-order valence-electron chi connectivity index (χ1n) is 9.01. The molecule has 0 saturated heterocycles. The second-order valence-electron chi connectivity index (χ2n) is 5.24. The molecule has 0 aromatic rings. The molecule has 6 heteroatoms. The third-order valence-electron chi connectivity index (χ3n) is 3.43. The molecule has 0 saturated carbocycles. The first-order valence-corrected chi connectivity index (χ1v) is 10.6. The van der Waals surface area contributed by atoms with Gasteiger partial charge in [-0.3, -0.25) is 0 Å². The lowest BCUT2D eigenvalue weighted by Crippen LogP contribution is -2.49. The van der Waals surface area contributed by atoms with Crippen LogP contribution in [0.15, 0.2) is 12.0 Å². The Balaban J connectivity index is 4.72. The van der Waals surface area contributed by atoms with Crippen molar-refractivity contribution in [2.75, 3.05) is 26.4 Å². The number of rotatable bonds is 15. The summed E-state index contributed by atoms with van der Waals surface area (Å²) in [7, 11) is -3.18. The fourth-order valence-electron chi connectivity index (χ4n) is 2.14. The Morgan fingerprint density at radius 3 is 1.91 bits per heavy atom. The Kier molecular flexibility index (Phi) is 13.5. The molecule has 0 heterocycles. The fraction of sp³-hybridized carbons (Fsp3) is 0.882. The number of unbranched alkanes of at least 4 members (excludes halogenated alkanes) is 1. The van der Waals surface area contributed by atoms with Crippen molar-refractivity contribution in [3.8, 4) is 0 Å². The molecule has 0 N–H and O–H groups in total. The predicted molar refractivity (Wildman–Crippen MR) is 94.7 cm³/mol. The Labute approximate surface area is 143 Å². The summed E-state index contributed by atoms with van der Waals surface area (Å²) in [6, 6.07) is 0. The summed E-state index contributed by atoms with van der Waals surface area (Å²) in [6.45, 7) is 14.0. The lowest BCUT2D eigenvalue weighted by molar-refractivity contribution is -0.0476. The molecule has 0 radical (unpaired) electrons. The van der Waals surface area contributed by atoms with Gasteiger partial charge in [0, 0.05) is 19.8 Å². The van der Waals surface area contributed by atoms with Crippen LogP contribution >= 0.6 is 0 Å². The molecule has 5 nitrogen and oxygen atoms in total. The van der Waals surface area contributed by atoms with Crippen molar-refractivity contribution in [3.05, 3.63) is 12.0 Å². The summed E-state index contributed by atoms with van der Waals surface area (Å²) in [4.78, 5) is 0. The zero-order valence-electron chi connectivity index (χ0n) is 15.9. The normalized spacial score (nSPS) is 13.9. The maximum atomic E-state index is 5.92. The van der Waals surface area contributed by atoms with Crippen molar-refractivity contribution in [2.45, 2.75) is 67.2 Å². The van der Waals surface area contributed by atoms with Gasteiger partial charge in [-0.2, -0.15) is 0 Å². The van der Waals surface area contributed by atoms with Crippen molar-refractivity contribution in [1.82, 2.24) is 0 Å². The zero-order chi connectivity index (χ0) is 17.6. The third-order valence-corrected chi connectivity index (χ3v) is 5.81. The summed E-state index contributed by atoms with van der Waals surface area (Å²) >= 11 is 0. The Hall–Kier alpha value is -0.563. The minimum Gasteiger partial charge on any atom is -0.466 e. The molecule has 0 aromatic heterocycles. The quantitative estimate of drug-likeness (QED) is 0.319. The average molecular weight is 349 g/mol. The highest BCUT2D eigenvalue weighted by molar-refractivity contribution is 6.53. The van der Waals surface area contributed by atoms with Crippen LogP contribution in [0.3, 0.4) is 0 Å². The van der Waals surface area contributed by atoms with Gasteiger partial charge in [0.05, 0.1) is 6.61 Å². The summed E-state index contributed by atoms with van der Waals surface area (Å²) < 4.78 is 28.9. The first kappa shape index (κ1) is 22.4. The number of ether oxygens (including phenoxy) is 1. The van der Waals surface area contributed by atoms with Crippen molar-refractivity contribution >= 4 is 9.05 Å². The van der Waals surface area contributed by atoms with Crippen LogP contribution in [0.4, 0.5) is 0 Å². The van der Waals surface area contributed by atoms with Crippen LogP contribution in [-0.4, -0.2) is 35.5 Å². The van der Waals surface area contributed by atoms with Gasteiger partial charge in [0.25, 0.3) is 5.95 Å². The van der Waals surface area contributed by atoms with Crippen LogP contribution in [0, 0.1) is 5.92 Å². The fourth-order valence-corrected chi connectivity index (χ4v) is 4.05. The Bertz CT molecular complexity index is 292. The second-order valence-corrected chi connectivity index (χ2v) is 7.31. The van der Waals surface area contributed by atoms with Gasteiger partial charge < -0.3 is 22.4 Å². The minimum absolute atomic E-state index is 0.432. The first-order chi connectivity index (χ1) is 11.1.